The Labute approximate surface area is 179 Å². The molecule has 0 radical (unpaired) electrons. The van der Waals surface area contributed by atoms with Crippen LogP contribution in [0.3, 0.4) is 0 Å². The molecule has 0 spiro atoms. The number of aryl methyl sites for hydroxylation is 1. The number of amides is 1. The third-order valence-electron chi connectivity index (χ3n) is 6.45. The van der Waals surface area contributed by atoms with Crippen LogP contribution in [0.25, 0.3) is 0 Å². The first-order valence-electron chi connectivity index (χ1n) is 11.4. The van der Waals surface area contributed by atoms with E-state index in [1.54, 1.807) is 6.20 Å². The molecule has 0 bridgehead atoms. The van der Waals surface area contributed by atoms with Gasteiger partial charge in [-0.3, -0.25) is 24.3 Å². The number of hydrogen-bond acceptors (Lipinski definition) is 5. The van der Waals surface area contributed by atoms with Gasteiger partial charge in [-0.05, 0) is 69.4 Å². The Morgan fingerprint density at radius 2 is 2.03 bits per heavy atom. The van der Waals surface area contributed by atoms with Crippen molar-refractivity contribution in [2.75, 3.05) is 32.7 Å². The minimum absolute atomic E-state index is 0.136. The van der Waals surface area contributed by atoms with Crippen LogP contribution in [-0.4, -0.2) is 69.2 Å². The van der Waals surface area contributed by atoms with Crippen molar-refractivity contribution in [2.45, 2.75) is 51.2 Å². The third-order valence-corrected chi connectivity index (χ3v) is 6.45. The standard InChI is InChI=1S/C23H34N6O/c30-23(25-10-3-13-29-14-4-11-26-29)21-6-2-12-28(19-21)22-7-15-27(16-8-22)18-20-5-1-9-24-17-20/h1,4-5,9,11,14,17,21-22H,2-3,6-8,10,12-13,15-16,18-19H2,(H,25,30)/t21-/m0/s1. The molecule has 0 aliphatic carbocycles. The molecule has 2 aromatic heterocycles. The summed E-state index contributed by atoms with van der Waals surface area (Å²) in [7, 11) is 0. The zero-order valence-corrected chi connectivity index (χ0v) is 17.8. The van der Waals surface area contributed by atoms with Gasteiger partial charge in [0, 0.05) is 57.0 Å². The summed E-state index contributed by atoms with van der Waals surface area (Å²) in [6.45, 7) is 6.86. The molecule has 2 saturated heterocycles. The normalized spacial score (nSPS) is 21.5. The van der Waals surface area contributed by atoms with Crippen LogP contribution in [0.15, 0.2) is 43.0 Å². The molecule has 2 fully saturated rings. The fourth-order valence-electron chi connectivity index (χ4n) is 4.77. The summed E-state index contributed by atoms with van der Waals surface area (Å²) in [5.74, 6) is 0.367. The van der Waals surface area contributed by atoms with Gasteiger partial charge in [-0.1, -0.05) is 6.07 Å². The number of carbonyl (C=O) groups is 1. The molecule has 162 valence electrons. The molecule has 4 heterocycles. The SMILES string of the molecule is O=C(NCCCn1cccn1)[C@H]1CCCN(C2CCN(Cc3cccnc3)CC2)C1. The highest BCUT2D eigenvalue weighted by Gasteiger charge is 2.31. The topological polar surface area (TPSA) is 66.3 Å². The highest BCUT2D eigenvalue weighted by atomic mass is 16.1. The van der Waals surface area contributed by atoms with Crippen molar-refractivity contribution < 1.29 is 4.79 Å². The van der Waals surface area contributed by atoms with Gasteiger partial charge in [0.05, 0.1) is 5.92 Å². The highest BCUT2D eigenvalue weighted by molar-refractivity contribution is 5.78. The monoisotopic (exact) mass is 410 g/mol. The maximum absolute atomic E-state index is 12.7. The van der Waals surface area contributed by atoms with Gasteiger partial charge in [0.2, 0.25) is 5.91 Å². The highest BCUT2D eigenvalue weighted by Crippen LogP contribution is 2.24. The lowest BCUT2D eigenvalue weighted by atomic mass is 9.93. The number of aromatic nitrogens is 3. The number of nitrogens with zero attached hydrogens (tertiary/aromatic N) is 5. The van der Waals surface area contributed by atoms with E-state index in [4.69, 9.17) is 0 Å². The molecule has 2 aliphatic rings. The van der Waals surface area contributed by atoms with E-state index in [1.807, 2.05) is 35.4 Å². The fourth-order valence-corrected chi connectivity index (χ4v) is 4.77. The predicted octanol–water partition coefficient (Wildman–Crippen LogP) is 2.16. The van der Waals surface area contributed by atoms with Crippen molar-refractivity contribution in [2.24, 2.45) is 5.92 Å². The van der Waals surface area contributed by atoms with E-state index in [9.17, 15) is 4.79 Å². The van der Waals surface area contributed by atoms with Gasteiger partial charge in [-0.25, -0.2) is 0 Å². The largest absolute Gasteiger partial charge is 0.356 e. The Hall–Kier alpha value is -2.25. The molecular weight excluding hydrogens is 376 g/mol. The summed E-state index contributed by atoms with van der Waals surface area (Å²) in [5.41, 5.74) is 1.29. The van der Waals surface area contributed by atoms with Crippen LogP contribution in [0.2, 0.25) is 0 Å². The number of hydrogen-bond donors (Lipinski definition) is 1. The molecule has 1 amide bonds. The van der Waals surface area contributed by atoms with E-state index in [0.717, 1.165) is 65.1 Å². The number of nitrogens with one attached hydrogen (secondary N) is 1. The number of piperidine rings is 2. The Morgan fingerprint density at radius 1 is 1.13 bits per heavy atom. The first kappa shape index (κ1) is 21.0. The lowest BCUT2D eigenvalue weighted by Crippen LogP contribution is -2.50. The summed E-state index contributed by atoms with van der Waals surface area (Å²) < 4.78 is 1.91. The molecule has 0 unspecified atom stereocenters. The van der Waals surface area contributed by atoms with Crippen molar-refractivity contribution >= 4 is 5.91 Å². The molecule has 1 atom stereocenters. The van der Waals surface area contributed by atoms with Gasteiger partial charge in [0.25, 0.3) is 0 Å². The first-order valence-corrected chi connectivity index (χ1v) is 11.4. The van der Waals surface area contributed by atoms with E-state index in [-0.39, 0.29) is 11.8 Å². The summed E-state index contributed by atoms with van der Waals surface area (Å²) in [6, 6.07) is 6.71. The van der Waals surface area contributed by atoms with E-state index in [0.29, 0.717) is 6.04 Å². The first-order chi connectivity index (χ1) is 14.8. The van der Waals surface area contributed by atoms with E-state index >= 15 is 0 Å². The van der Waals surface area contributed by atoms with Crippen LogP contribution in [0.4, 0.5) is 0 Å². The molecule has 7 nitrogen and oxygen atoms in total. The molecule has 4 rings (SSSR count). The van der Waals surface area contributed by atoms with Crippen molar-refractivity contribution in [3.63, 3.8) is 0 Å². The fraction of sp³-hybridized carbons (Fsp3) is 0.609. The van der Waals surface area contributed by atoms with Gasteiger partial charge in [0.15, 0.2) is 0 Å². The van der Waals surface area contributed by atoms with Crippen LogP contribution >= 0.6 is 0 Å². The average molecular weight is 411 g/mol. The minimum Gasteiger partial charge on any atom is -0.356 e. The maximum Gasteiger partial charge on any atom is 0.224 e. The number of rotatable bonds is 8. The minimum atomic E-state index is 0.136. The van der Waals surface area contributed by atoms with Crippen LogP contribution < -0.4 is 5.32 Å². The zero-order chi connectivity index (χ0) is 20.6. The molecule has 0 aromatic carbocycles. The summed E-state index contributed by atoms with van der Waals surface area (Å²) in [4.78, 5) is 22.0. The molecule has 2 aliphatic heterocycles. The van der Waals surface area contributed by atoms with Crippen molar-refractivity contribution in [1.82, 2.24) is 29.9 Å². The third kappa shape index (κ3) is 5.89. The lowest BCUT2D eigenvalue weighted by Gasteiger charge is -2.42. The van der Waals surface area contributed by atoms with Gasteiger partial charge in [0.1, 0.15) is 0 Å². The van der Waals surface area contributed by atoms with Gasteiger partial charge in [-0.2, -0.15) is 5.10 Å². The maximum atomic E-state index is 12.7. The summed E-state index contributed by atoms with van der Waals surface area (Å²) in [5, 5.41) is 7.36. The van der Waals surface area contributed by atoms with Crippen molar-refractivity contribution in [3.05, 3.63) is 48.5 Å². The summed E-state index contributed by atoms with van der Waals surface area (Å²) in [6.07, 6.45) is 13.0. The van der Waals surface area contributed by atoms with Crippen LogP contribution in [0, 0.1) is 5.92 Å². The predicted molar refractivity (Wildman–Crippen MR) is 117 cm³/mol. The van der Waals surface area contributed by atoms with Crippen LogP contribution in [0.5, 0.6) is 0 Å². The zero-order valence-electron chi connectivity index (χ0n) is 17.8. The van der Waals surface area contributed by atoms with Crippen molar-refractivity contribution in [3.8, 4) is 0 Å². The van der Waals surface area contributed by atoms with Crippen LogP contribution in [-0.2, 0) is 17.9 Å². The van der Waals surface area contributed by atoms with E-state index in [1.165, 1.54) is 18.4 Å². The smallest absolute Gasteiger partial charge is 0.224 e. The second-order valence-corrected chi connectivity index (χ2v) is 8.62. The molecule has 30 heavy (non-hydrogen) atoms. The van der Waals surface area contributed by atoms with Gasteiger partial charge >= 0.3 is 0 Å². The Balaban J connectivity index is 1.17. The molecule has 1 N–H and O–H groups in total. The number of pyridine rings is 1. The molecule has 7 heteroatoms. The van der Waals surface area contributed by atoms with Gasteiger partial charge in [-0.15, -0.1) is 0 Å². The second kappa shape index (κ2) is 10.7. The van der Waals surface area contributed by atoms with E-state index < -0.39 is 0 Å². The Bertz CT molecular complexity index is 757. The number of carbonyl (C=O) groups excluding carboxylic acids is 1. The van der Waals surface area contributed by atoms with Crippen molar-refractivity contribution in [1.29, 1.82) is 0 Å². The molecule has 0 saturated carbocycles. The Morgan fingerprint density at radius 3 is 2.80 bits per heavy atom. The Kier molecular flexibility index (Phi) is 7.48. The number of likely N-dealkylation sites (tertiary alicyclic amines) is 2. The quantitative estimate of drug-likeness (QED) is 0.676. The second-order valence-electron chi connectivity index (χ2n) is 8.62. The molecular formula is C23H34N6O. The van der Waals surface area contributed by atoms with E-state index in [2.05, 4.69) is 31.3 Å². The summed E-state index contributed by atoms with van der Waals surface area (Å²) >= 11 is 0. The van der Waals surface area contributed by atoms with Gasteiger partial charge < -0.3 is 5.32 Å². The average Bonchev–Trinajstić information content (AvgIpc) is 3.31. The molecule has 2 aromatic rings. The van der Waals surface area contributed by atoms with Crippen LogP contribution in [0.1, 0.15) is 37.7 Å². The lowest BCUT2D eigenvalue weighted by molar-refractivity contribution is -0.127.